The van der Waals surface area contributed by atoms with Crippen molar-refractivity contribution >= 4 is 49.3 Å². The molecule has 0 aliphatic rings. The van der Waals surface area contributed by atoms with Crippen molar-refractivity contribution in [1.29, 1.82) is 0 Å². The summed E-state index contributed by atoms with van der Waals surface area (Å²) in [6.45, 7) is 5.01. The molecule has 4 rings (SSSR count). The molecule has 45 heavy (non-hydrogen) atoms. The van der Waals surface area contributed by atoms with E-state index in [2.05, 4.69) is 10.8 Å². The number of carbonyl (C=O) groups is 2. The lowest BCUT2D eigenvalue weighted by Gasteiger charge is -2.27. The number of likely N-dealkylation sites (N-methyl/N-ethyl adjacent to an activating group) is 1. The summed E-state index contributed by atoms with van der Waals surface area (Å²) < 4.78 is 39.3. The number of ether oxygens (including phenoxy) is 2. The Morgan fingerprint density at radius 1 is 0.889 bits per heavy atom. The van der Waals surface area contributed by atoms with E-state index < -0.39 is 43.2 Å². The molecule has 0 bridgehead atoms. The second kappa shape index (κ2) is 13.6. The van der Waals surface area contributed by atoms with E-state index in [-0.39, 0.29) is 25.2 Å². The summed E-state index contributed by atoms with van der Waals surface area (Å²) in [5, 5.41) is 16.2. The van der Waals surface area contributed by atoms with Gasteiger partial charge in [-0.25, -0.2) is 18.0 Å². The van der Waals surface area contributed by atoms with E-state index in [1.54, 1.807) is 20.8 Å². The van der Waals surface area contributed by atoms with Crippen LogP contribution in [0, 0.1) is 10.1 Å². The minimum absolute atomic E-state index is 0.0119. The quantitative estimate of drug-likeness (QED) is 0.0825. The van der Waals surface area contributed by atoms with Crippen molar-refractivity contribution in [2.75, 3.05) is 33.8 Å². The fourth-order valence-corrected chi connectivity index (χ4v) is 6.72. The molecule has 0 atom stereocenters. The molecule has 0 fully saturated rings. The lowest BCUT2D eigenvalue weighted by atomic mass is 9.94. The van der Waals surface area contributed by atoms with Gasteiger partial charge in [-0.1, -0.05) is 48.5 Å². The highest BCUT2D eigenvalue weighted by Crippen LogP contribution is 2.31. The van der Waals surface area contributed by atoms with E-state index in [1.807, 2.05) is 48.5 Å². The van der Waals surface area contributed by atoms with Gasteiger partial charge >= 0.3 is 12.1 Å². The average Bonchev–Trinajstić information content (AvgIpc) is 3.00. The molecule has 0 saturated carbocycles. The van der Waals surface area contributed by atoms with Crippen molar-refractivity contribution in [3.05, 3.63) is 94.0 Å². The first-order chi connectivity index (χ1) is 21.2. The molecule has 238 valence electrons. The SMILES string of the molecule is COC(=O)c1ccc(S(=O)(=O)N(CCCc2c3ccccc3cc3ccccc23)CCN(C)C(=O)OC(C)(C)C)c([N+](=O)[O-])c1. The van der Waals surface area contributed by atoms with Gasteiger partial charge in [0.05, 0.1) is 17.6 Å². The summed E-state index contributed by atoms with van der Waals surface area (Å²) >= 11 is 0. The van der Waals surface area contributed by atoms with Crippen LogP contribution in [0.15, 0.2) is 77.7 Å². The highest BCUT2D eigenvalue weighted by atomic mass is 32.2. The zero-order valence-electron chi connectivity index (χ0n) is 26.0. The fourth-order valence-electron chi connectivity index (χ4n) is 5.12. The third-order valence-corrected chi connectivity index (χ3v) is 9.25. The number of sulfonamides is 1. The van der Waals surface area contributed by atoms with Crippen LogP contribution in [0.4, 0.5) is 10.5 Å². The van der Waals surface area contributed by atoms with E-state index in [9.17, 15) is 28.1 Å². The number of aryl methyl sites for hydroxylation is 1. The number of hydrogen-bond donors (Lipinski definition) is 0. The minimum atomic E-state index is -4.46. The number of nitrogens with zero attached hydrogens (tertiary/aromatic N) is 3. The van der Waals surface area contributed by atoms with Crippen molar-refractivity contribution in [3.8, 4) is 0 Å². The number of carbonyl (C=O) groups excluding carboxylic acids is 2. The Bertz CT molecular complexity index is 1800. The Hall–Kier alpha value is -4.55. The number of methoxy groups -OCH3 is 1. The van der Waals surface area contributed by atoms with Crippen LogP contribution in [-0.2, 0) is 25.9 Å². The van der Waals surface area contributed by atoms with E-state index in [4.69, 9.17) is 4.74 Å². The summed E-state index contributed by atoms with van der Waals surface area (Å²) in [5.41, 5.74) is -0.577. The van der Waals surface area contributed by atoms with Crippen LogP contribution in [0.1, 0.15) is 43.1 Å². The lowest BCUT2D eigenvalue weighted by Crippen LogP contribution is -2.41. The zero-order chi connectivity index (χ0) is 32.9. The fraction of sp³-hybridized carbons (Fsp3) is 0.333. The van der Waals surface area contributed by atoms with Crippen molar-refractivity contribution in [2.45, 2.75) is 44.1 Å². The zero-order valence-corrected chi connectivity index (χ0v) is 26.8. The number of esters is 1. The van der Waals surface area contributed by atoms with Gasteiger partial charge in [0.25, 0.3) is 5.69 Å². The molecular formula is C33H37N3O8S. The molecule has 0 heterocycles. The van der Waals surface area contributed by atoms with Gasteiger partial charge in [0, 0.05) is 32.7 Å². The van der Waals surface area contributed by atoms with Crippen LogP contribution in [-0.4, -0.2) is 74.0 Å². The summed E-state index contributed by atoms with van der Waals surface area (Å²) in [6, 6.07) is 21.2. The van der Waals surface area contributed by atoms with Gasteiger partial charge in [0.15, 0.2) is 4.90 Å². The normalized spacial score (nSPS) is 12.0. The molecule has 4 aromatic rings. The first-order valence-electron chi connectivity index (χ1n) is 14.4. The summed E-state index contributed by atoms with van der Waals surface area (Å²) in [6.07, 6.45) is 0.288. The molecule has 0 aromatic heterocycles. The number of rotatable bonds is 11. The number of nitro benzene ring substituents is 1. The molecular weight excluding hydrogens is 598 g/mol. The average molecular weight is 636 g/mol. The molecule has 12 heteroatoms. The number of nitro groups is 1. The molecule has 0 N–H and O–H groups in total. The second-order valence-electron chi connectivity index (χ2n) is 11.6. The number of benzene rings is 4. The molecule has 0 spiro atoms. The second-order valence-corrected chi connectivity index (χ2v) is 13.5. The number of hydrogen-bond acceptors (Lipinski definition) is 8. The monoisotopic (exact) mass is 635 g/mol. The summed E-state index contributed by atoms with van der Waals surface area (Å²) in [4.78, 5) is 36.5. The topological polar surface area (TPSA) is 136 Å². The van der Waals surface area contributed by atoms with Gasteiger partial charge in [0.2, 0.25) is 10.0 Å². The molecule has 4 aromatic carbocycles. The van der Waals surface area contributed by atoms with Crippen molar-refractivity contribution in [3.63, 3.8) is 0 Å². The van der Waals surface area contributed by atoms with Crippen LogP contribution in [0.25, 0.3) is 21.5 Å². The molecule has 0 saturated heterocycles. The van der Waals surface area contributed by atoms with E-state index >= 15 is 0 Å². The van der Waals surface area contributed by atoms with Crippen LogP contribution in [0.2, 0.25) is 0 Å². The molecule has 0 aliphatic carbocycles. The number of fused-ring (bicyclic) bond motifs is 2. The van der Waals surface area contributed by atoms with Gasteiger partial charge in [-0.15, -0.1) is 0 Å². The third-order valence-electron chi connectivity index (χ3n) is 7.30. The third kappa shape index (κ3) is 7.76. The van der Waals surface area contributed by atoms with E-state index in [1.165, 1.54) is 18.0 Å². The van der Waals surface area contributed by atoms with Crippen molar-refractivity contribution in [2.24, 2.45) is 0 Å². The molecule has 0 unspecified atom stereocenters. The lowest BCUT2D eigenvalue weighted by molar-refractivity contribution is -0.387. The molecule has 11 nitrogen and oxygen atoms in total. The van der Waals surface area contributed by atoms with Crippen molar-refractivity contribution < 1.29 is 32.4 Å². The van der Waals surface area contributed by atoms with Crippen LogP contribution in [0.5, 0.6) is 0 Å². The maximum Gasteiger partial charge on any atom is 0.410 e. The van der Waals surface area contributed by atoms with Gasteiger partial charge in [-0.3, -0.25) is 10.1 Å². The predicted octanol–water partition coefficient (Wildman–Crippen LogP) is 6.18. The first-order valence-corrected chi connectivity index (χ1v) is 15.9. The highest BCUT2D eigenvalue weighted by Gasteiger charge is 2.33. The Morgan fingerprint density at radius 2 is 1.49 bits per heavy atom. The predicted molar refractivity (Wildman–Crippen MR) is 172 cm³/mol. The van der Waals surface area contributed by atoms with E-state index in [0.29, 0.717) is 12.8 Å². The van der Waals surface area contributed by atoms with Crippen molar-refractivity contribution in [1.82, 2.24) is 9.21 Å². The minimum Gasteiger partial charge on any atom is -0.465 e. The Labute approximate surface area is 262 Å². The molecule has 0 aliphatic heterocycles. The maximum atomic E-state index is 14.1. The Balaban J connectivity index is 1.68. The highest BCUT2D eigenvalue weighted by molar-refractivity contribution is 7.89. The smallest absolute Gasteiger partial charge is 0.410 e. The summed E-state index contributed by atoms with van der Waals surface area (Å²) in [7, 11) is -1.84. The van der Waals surface area contributed by atoms with Gasteiger partial charge in [-0.05, 0) is 78.9 Å². The number of amides is 1. The van der Waals surface area contributed by atoms with E-state index in [0.717, 1.165) is 50.7 Å². The van der Waals surface area contributed by atoms with Crippen LogP contribution >= 0.6 is 0 Å². The standard InChI is InChI=1S/C33H37N3O8S/c1-33(2,3)44-32(38)34(4)19-20-35(45(41,42)30-17-16-25(31(37)43-5)22-29(30)36(39)40)18-10-15-28-26-13-8-6-11-23(26)21-24-12-7-9-14-27(24)28/h6-9,11-14,16-17,21-22H,10,15,18-20H2,1-5H3. The van der Waals surface area contributed by atoms with Gasteiger partial charge in [-0.2, -0.15) is 4.31 Å². The van der Waals surface area contributed by atoms with Crippen LogP contribution < -0.4 is 0 Å². The summed E-state index contributed by atoms with van der Waals surface area (Å²) in [5.74, 6) is -0.833. The van der Waals surface area contributed by atoms with Gasteiger partial charge < -0.3 is 14.4 Å². The molecule has 0 radical (unpaired) electrons. The molecule has 1 amide bonds. The maximum absolute atomic E-state index is 14.1. The first kappa shape index (κ1) is 33.3. The Kier molecular flexibility index (Phi) is 10.1. The van der Waals surface area contributed by atoms with Crippen LogP contribution in [0.3, 0.4) is 0 Å². The Morgan fingerprint density at radius 3 is 2.04 bits per heavy atom. The van der Waals surface area contributed by atoms with Gasteiger partial charge in [0.1, 0.15) is 5.60 Å². The largest absolute Gasteiger partial charge is 0.465 e.